The van der Waals surface area contributed by atoms with Crippen LogP contribution in [0.4, 0.5) is 27.4 Å². The van der Waals surface area contributed by atoms with E-state index in [1.54, 1.807) is 11.1 Å². The van der Waals surface area contributed by atoms with Crippen molar-refractivity contribution >= 4 is 0 Å². The first-order valence-corrected chi connectivity index (χ1v) is 3.39. The molecular formula is C7H12F6. The molecule has 0 atom stereocenters. The molecule has 0 spiro atoms. The van der Waals surface area contributed by atoms with Crippen LogP contribution >= 0.6 is 0 Å². The molecule has 0 N–H and O–H groups in total. The molecule has 0 bridgehead atoms. The van der Waals surface area contributed by atoms with Gasteiger partial charge in [-0.05, 0) is 33.1 Å². The second kappa shape index (κ2) is 17.4. The summed E-state index contributed by atoms with van der Waals surface area (Å²) in [6.45, 7) is 4.48. The molecule has 0 fully saturated rings. The van der Waals surface area contributed by atoms with Crippen molar-refractivity contribution in [3.05, 3.63) is 11.1 Å². The summed E-state index contributed by atoms with van der Waals surface area (Å²) in [6, 6.07) is 0. The summed E-state index contributed by atoms with van der Waals surface area (Å²) >= 11 is 0. The Morgan fingerprint density at radius 3 is 1.00 bits per heavy atom. The first-order chi connectivity index (χ1) is 6.30. The summed E-state index contributed by atoms with van der Waals surface area (Å²) < 4.78 is 48.0. The maximum Gasteiger partial charge on any atom is 0 e. The van der Waals surface area contributed by atoms with Gasteiger partial charge < -0.3 is 0 Å². The van der Waals surface area contributed by atoms with Crippen LogP contribution in [0.1, 0.15) is 33.1 Å². The second-order valence-electron chi connectivity index (χ2n) is 2.41. The Balaban J connectivity index is -0.000000144. The summed E-state index contributed by atoms with van der Waals surface area (Å²) in [4.78, 5) is 0. The Morgan fingerprint density at radius 1 is 0.692 bits per heavy atom. The molecule has 0 saturated carbocycles. The van der Waals surface area contributed by atoms with Crippen molar-refractivity contribution < 1.29 is 27.4 Å². The highest BCUT2D eigenvalue weighted by atomic mass is 20.0. The van der Waals surface area contributed by atoms with Gasteiger partial charge >= 0.3 is 0 Å². The minimum atomic E-state index is 1.35. The fourth-order valence-corrected chi connectivity index (χ4v) is 1.05. The van der Waals surface area contributed by atoms with Crippen molar-refractivity contribution in [3.8, 4) is 0 Å². The van der Waals surface area contributed by atoms with Gasteiger partial charge in [-0.25, -0.2) is 0 Å². The van der Waals surface area contributed by atoms with E-state index in [9.17, 15) is 0 Å². The average molecular weight is 210 g/mol. The maximum absolute atomic E-state index is 8.00. The summed E-state index contributed by atoms with van der Waals surface area (Å²) in [6.07, 6.45) is 4.11. The lowest BCUT2D eigenvalue weighted by Crippen LogP contribution is -1.66. The molecule has 0 radical (unpaired) electrons. The number of hydrogen-bond donors (Lipinski definition) is 0. The predicted molar refractivity (Wildman–Crippen MR) is 38.9 cm³/mol. The highest BCUT2D eigenvalue weighted by Crippen LogP contribution is 2.23. The van der Waals surface area contributed by atoms with Gasteiger partial charge in [0.25, 0.3) is 0 Å². The average Bonchev–Trinajstić information content (AvgIpc) is 2.61. The number of allylic oxidation sites excluding steroid dienone is 2. The molecule has 6 heteroatoms. The lowest BCUT2D eigenvalue weighted by molar-refractivity contribution is 0.108. The molecule has 0 aliphatic heterocycles. The lowest BCUT2D eigenvalue weighted by Gasteiger charge is -1.87. The van der Waals surface area contributed by atoms with Gasteiger partial charge in [-0.1, -0.05) is 11.1 Å². The molecule has 0 aromatic carbocycles. The molecule has 1 rings (SSSR count). The van der Waals surface area contributed by atoms with Crippen LogP contribution in [-0.2, 0) is 0 Å². The molecule has 0 amide bonds. The van der Waals surface area contributed by atoms with E-state index in [2.05, 4.69) is 13.8 Å². The molecule has 0 heterocycles. The topological polar surface area (TPSA) is 0 Å². The van der Waals surface area contributed by atoms with E-state index in [-0.39, 0.29) is 0 Å². The van der Waals surface area contributed by atoms with Gasteiger partial charge in [0.05, 0.1) is 0 Å². The molecule has 0 aromatic rings. The summed E-state index contributed by atoms with van der Waals surface area (Å²) in [5, 5.41) is 0. The molecule has 1 aliphatic rings. The highest BCUT2D eigenvalue weighted by molar-refractivity contribution is 5.14. The Morgan fingerprint density at radius 2 is 0.923 bits per heavy atom. The van der Waals surface area contributed by atoms with Gasteiger partial charge in [0, 0.05) is 27.4 Å². The Kier molecular flexibility index (Phi) is 24.3. The van der Waals surface area contributed by atoms with Gasteiger partial charge in [-0.2, -0.15) is 0 Å². The smallest absolute Gasteiger partial charge is 0 e. The van der Waals surface area contributed by atoms with Crippen molar-refractivity contribution in [2.75, 3.05) is 0 Å². The third-order valence-electron chi connectivity index (χ3n) is 1.83. The van der Waals surface area contributed by atoms with Crippen LogP contribution in [-0.4, -0.2) is 0 Å². The van der Waals surface area contributed by atoms with E-state index >= 15 is 0 Å². The highest BCUT2D eigenvalue weighted by Gasteiger charge is 2.03. The second-order valence-corrected chi connectivity index (χ2v) is 2.41. The van der Waals surface area contributed by atoms with E-state index in [1.807, 2.05) is 0 Å². The number of halogens is 6. The SMILES string of the molecule is CC1=C(C)CCC1.FF.FF.FF. The summed E-state index contributed by atoms with van der Waals surface area (Å²) in [7, 11) is 0. The lowest BCUT2D eigenvalue weighted by atomic mass is 10.2. The van der Waals surface area contributed by atoms with E-state index < -0.39 is 0 Å². The third-order valence-corrected chi connectivity index (χ3v) is 1.83. The zero-order valence-corrected chi connectivity index (χ0v) is 7.39. The van der Waals surface area contributed by atoms with Crippen LogP contribution in [0.5, 0.6) is 0 Å². The van der Waals surface area contributed by atoms with E-state index in [4.69, 9.17) is 27.4 Å². The first kappa shape index (κ1) is 18.2. The van der Waals surface area contributed by atoms with Crippen LogP contribution in [0, 0.1) is 0 Å². The minimum Gasteiger partial charge on any atom is -0.0744 e. The van der Waals surface area contributed by atoms with Crippen LogP contribution in [0.25, 0.3) is 0 Å². The fourth-order valence-electron chi connectivity index (χ4n) is 1.05. The van der Waals surface area contributed by atoms with Crippen LogP contribution in [0.15, 0.2) is 11.1 Å². The Hall–Kier alpha value is -0.680. The fraction of sp³-hybridized carbons (Fsp3) is 0.714. The summed E-state index contributed by atoms with van der Waals surface area (Å²) in [5.41, 5.74) is 3.25. The third kappa shape index (κ3) is 11.3. The zero-order valence-electron chi connectivity index (χ0n) is 7.39. The largest absolute Gasteiger partial charge is 0.0744 e. The maximum atomic E-state index is 8.00. The van der Waals surface area contributed by atoms with Crippen molar-refractivity contribution in [2.24, 2.45) is 0 Å². The monoisotopic (exact) mass is 210 g/mol. The number of hydrogen-bond acceptors (Lipinski definition) is 0. The van der Waals surface area contributed by atoms with Crippen molar-refractivity contribution in [1.29, 1.82) is 0 Å². The molecule has 0 saturated heterocycles. The van der Waals surface area contributed by atoms with Gasteiger partial charge in [0.2, 0.25) is 0 Å². The van der Waals surface area contributed by atoms with Crippen molar-refractivity contribution in [1.82, 2.24) is 0 Å². The first-order valence-electron chi connectivity index (χ1n) is 3.39. The Labute approximate surface area is 72.8 Å². The molecule has 13 heavy (non-hydrogen) atoms. The summed E-state index contributed by atoms with van der Waals surface area (Å²) in [5.74, 6) is 0. The van der Waals surface area contributed by atoms with E-state index in [0.29, 0.717) is 0 Å². The van der Waals surface area contributed by atoms with Crippen molar-refractivity contribution in [2.45, 2.75) is 33.1 Å². The minimum absolute atomic E-state index is 1.35. The van der Waals surface area contributed by atoms with E-state index in [0.717, 1.165) is 0 Å². The number of rotatable bonds is 0. The zero-order chi connectivity index (χ0) is 11.3. The van der Waals surface area contributed by atoms with E-state index in [1.165, 1.54) is 19.3 Å². The normalized spacial score (nSPS) is 12.9. The van der Waals surface area contributed by atoms with Crippen molar-refractivity contribution in [3.63, 3.8) is 0 Å². The molecular weight excluding hydrogens is 198 g/mol. The quantitative estimate of drug-likeness (QED) is 0.388. The predicted octanol–water partition coefficient (Wildman–Crippen LogP) is 5.03. The van der Waals surface area contributed by atoms with Crippen LogP contribution in [0.2, 0.25) is 0 Å². The molecule has 82 valence electrons. The molecule has 0 unspecified atom stereocenters. The van der Waals surface area contributed by atoms with Gasteiger partial charge in [0.1, 0.15) is 0 Å². The van der Waals surface area contributed by atoms with Crippen LogP contribution in [0.3, 0.4) is 0 Å². The Bertz CT molecular complexity index is 99.6. The van der Waals surface area contributed by atoms with Gasteiger partial charge in [-0.15, -0.1) is 0 Å². The van der Waals surface area contributed by atoms with Crippen LogP contribution < -0.4 is 0 Å². The van der Waals surface area contributed by atoms with Gasteiger partial charge in [-0.3, -0.25) is 0 Å². The van der Waals surface area contributed by atoms with Gasteiger partial charge in [0.15, 0.2) is 0 Å². The standard InChI is InChI=1S/C7H12.3F2/c1-6-4-3-5-7(6)2;3*1-2/h3-5H2,1-2H3;;;. The molecule has 1 aliphatic carbocycles. The molecule has 0 nitrogen and oxygen atoms in total. The molecule has 0 aromatic heterocycles.